The Hall–Kier alpha value is -2.91. The molecule has 0 unspecified atom stereocenters. The van der Waals surface area contributed by atoms with Gasteiger partial charge in [-0.15, -0.1) is 0 Å². The van der Waals surface area contributed by atoms with Crippen LogP contribution in [-0.2, 0) is 11.3 Å². The number of aldehydes is 1. The van der Waals surface area contributed by atoms with Gasteiger partial charge in [-0.2, -0.15) is 18.2 Å². The molecule has 6 nitrogen and oxygen atoms in total. The van der Waals surface area contributed by atoms with Crippen molar-refractivity contribution in [1.29, 1.82) is 0 Å². The van der Waals surface area contributed by atoms with Gasteiger partial charge in [-0.3, -0.25) is 4.79 Å². The summed E-state index contributed by atoms with van der Waals surface area (Å²) in [5, 5.41) is 6.16. The van der Waals surface area contributed by atoms with Crippen LogP contribution in [0.4, 0.5) is 23.7 Å². The van der Waals surface area contributed by atoms with Gasteiger partial charge in [0.05, 0.1) is 5.02 Å². The van der Waals surface area contributed by atoms with Crippen molar-refractivity contribution >= 4 is 35.4 Å². The smallest absolute Gasteiger partial charge is 0.383 e. The number of alkyl halides is 3. The lowest BCUT2D eigenvalue weighted by Gasteiger charge is -2.08. The standard InChI is InChI=1S/C17H19ClN4O.C2HF3O.C2H6/c1-11-3-6-13(7-4-11)21-17(23)22-16(19)14-9-12(10-20-2)5-8-15(14)18;3-2(4,5)1-6;1-2/h3-9,20H,10H2,1-2H3,(H3,19,21,22,23);1H;1-2H3. The molecule has 31 heavy (non-hydrogen) atoms. The maximum absolute atomic E-state index is 12.0. The van der Waals surface area contributed by atoms with E-state index < -0.39 is 18.5 Å². The first-order valence-corrected chi connectivity index (χ1v) is 9.61. The fourth-order valence-corrected chi connectivity index (χ4v) is 2.26. The summed E-state index contributed by atoms with van der Waals surface area (Å²) in [6.07, 6.45) is -5.70. The maximum atomic E-state index is 12.0. The van der Waals surface area contributed by atoms with Crippen molar-refractivity contribution in [2.75, 3.05) is 12.4 Å². The molecule has 0 aromatic heterocycles. The number of carbonyl (C=O) groups excluding carboxylic acids is 2. The number of nitrogens with one attached hydrogen (secondary N) is 2. The van der Waals surface area contributed by atoms with Crippen LogP contribution in [0.3, 0.4) is 0 Å². The summed E-state index contributed by atoms with van der Waals surface area (Å²) in [4.78, 5) is 24.5. The number of nitrogens with zero attached hydrogens (tertiary/aromatic N) is 1. The summed E-state index contributed by atoms with van der Waals surface area (Å²) < 4.78 is 31.2. The predicted octanol–water partition coefficient (Wildman–Crippen LogP) is 5.08. The van der Waals surface area contributed by atoms with Gasteiger partial charge in [-0.25, -0.2) is 4.79 Å². The van der Waals surface area contributed by atoms with Gasteiger partial charge >= 0.3 is 12.2 Å². The largest absolute Gasteiger partial charge is 0.446 e. The minimum atomic E-state index is -4.64. The number of carbonyl (C=O) groups is 2. The van der Waals surface area contributed by atoms with Gasteiger partial charge in [0.15, 0.2) is 0 Å². The van der Waals surface area contributed by atoms with Gasteiger partial charge in [-0.1, -0.05) is 49.2 Å². The van der Waals surface area contributed by atoms with Crippen molar-refractivity contribution in [1.82, 2.24) is 5.32 Å². The number of amidine groups is 1. The second kappa shape index (κ2) is 14.2. The van der Waals surface area contributed by atoms with Crippen LogP contribution < -0.4 is 16.4 Å². The monoisotopic (exact) mass is 458 g/mol. The van der Waals surface area contributed by atoms with Crippen LogP contribution in [-0.4, -0.2) is 31.4 Å². The number of nitrogens with two attached hydrogens (primary N) is 1. The summed E-state index contributed by atoms with van der Waals surface area (Å²) in [7, 11) is 1.85. The normalized spacial score (nSPS) is 10.8. The van der Waals surface area contributed by atoms with E-state index in [0.717, 1.165) is 11.1 Å². The van der Waals surface area contributed by atoms with Crippen LogP contribution >= 0.6 is 11.6 Å². The van der Waals surface area contributed by atoms with Crippen molar-refractivity contribution in [3.8, 4) is 0 Å². The first-order valence-electron chi connectivity index (χ1n) is 9.24. The van der Waals surface area contributed by atoms with E-state index in [2.05, 4.69) is 15.6 Å². The Balaban J connectivity index is 0.000000970. The Morgan fingerprint density at radius 3 is 2.19 bits per heavy atom. The fraction of sp³-hybridized carbons (Fsp3) is 0.286. The van der Waals surface area contributed by atoms with E-state index >= 15 is 0 Å². The van der Waals surface area contributed by atoms with Gasteiger partial charge in [0.2, 0.25) is 6.29 Å². The fourth-order valence-electron chi connectivity index (χ4n) is 2.04. The third kappa shape index (κ3) is 11.8. The third-order valence-electron chi connectivity index (χ3n) is 3.35. The highest BCUT2D eigenvalue weighted by Gasteiger charge is 2.24. The summed E-state index contributed by atoms with van der Waals surface area (Å²) in [6, 6.07) is 12.3. The number of benzene rings is 2. The van der Waals surface area contributed by atoms with Crippen molar-refractivity contribution < 1.29 is 22.8 Å². The van der Waals surface area contributed by atoms with Gasteiger partial charge in [0.1, 0.15) is 5.84 Å². The molecule has 0 spiro atoms. The van der Waals surface area contributed by atoms with Crippen molar-refractivity contribution in [3.63, 3.8) is 0 Å². The predicted molar refractivity (Wildman–Crippen MR) is 119 cm³/mol. The van der Waals surface area contributed by atoms with E-state index in [4.69, 9.17) is 22.1 Å². The molecular weight excluding hydrogens is 433 g/mol. The third-order valence-corrected chi connectivity index (χ3v) is 3.68. The summed E-state index contributed by atoms with van der Waals surface area (Å²) in [5.74, 6) is 0.0811. The Morgan fingerprint density at radius 1 is 1.16 bits per heavy atom. The number of hydrogen-bond acceptors (Lipinski definition) is 3. The molecule has 4 N–H and O–H groups in total. The van der Waals surface area contributed by atoms with Crippen molar-refractivity contribution in [2.24, 2.45) is 10.7 Å². The average Bonchev–Trinajstić information content (AvgIpc) is 2.72. The molecule has 0 saturated carbocycles. The Labute approximate surface area is 184 Å². The molecule has 0 bridgehead atoms. The highest BCUT2D eigenvalue weighted by molar-refractivity contribution is 6.34. The molecule has 2 amide bonds. The number of aryl methyl sites for hydroxylation is 1. The van der Waals surface area contributed by atoms with Crippen LogP contribution in [0.5, 0.6) is 0 Å². The number of halogens is 4. The highest BCUT2D eigenvalue weighted by atomic mass is 35.5. The molecule has 170 valence electrons. The first-order chi connectivity index (χ1) is 14.6. The van der Waals surface area contributed by atoms with E-state index in [1.165, 1.54) is 0 Å². The maximum Gasteiger partial charge on any atom is 0.446 e. The number of anilines is 1. The van der Waals surface area contributed by atoms with Crippen LogP contribution in [0.2, 0.25) is 5.02 Å². The van der Waals surface area contributed by atoms with Gasteiger partial charge in [0, 0.05) is 17.8 Å². The molecule has 0 aliphatic carbocycles. The van der Waals surface area contributed by atoms with Crippen LogP contribution in [0.25, 0.3) is 0 Å². The molecule has 0 atom stereocenters. The SMILES string of the molecule is CC.CNCc1ccc(Cl)c(/C(N)=N/C(=O)Nc2ccc(C)cc2)c1.O=CC(F)(F)F. The second-order valence-corrected chi connectivity index (χ2v) is 6.20. The van der Waals surface area contributed by atoms with Gasteiger partial charge < -0.3 is 16.4 Å². The minimum Gasteiger partial charge on any atom is -0.383 e. The van der Waals surface area contributed by atoms with Crippen molar-refractivity contribution in [3.05, 3.63) is 64.2 Å². The van der Waals surface area contributed by atoms with Crippen molar-refractivity contribution in [2.45, 2.75) is 33.5 Å². The van der Waals surface area contributed by atoms with E-state index in [9.17, 15) is 18.0 Å². The zero-order valence-electron chi connectivity index (χ0n) is 17.7. The zero-order chi connectivity index (χ0) is 24.0. The van der Waals surface area contributed by atoms with E-state index in [-0.39, 0.29) is 5.84 Å². The number of amides is 2. The first kappa shape index (κ1) is 28.1. The summed E-state index contributed by atoms with van der Waals surface area (Å²) in [5.41, 5.74) is 9.24. The molecule has 0 aliphatic rings. The number of urea groups is 1. The summed E-state index contributed by atoms with van der Waals surface area (Å²) >= 11 is 6.14. The lowest BCUT2D eigenvalue weighted by molar-refractivity contribution is -0.156. The van der Waals surface area contributed by atoms with Gasteiger partial charge in [-0.05, 0) is 43.8 Å². The van der Waals surface area contributed by atoms with Gasteiger partial charge in [0.25, 0.3) is 0 Å². The molecule has 0 heterocycles. The Kier molecular flexibility index (Phi) is 12.8. The van der Waals surface area contributed by atoms with E-state index in [0.29, 0.717) is 22.8 Å². The van der Waals surface area contributed by atoms with E-state index in [1.807, 2.05) is 52.1 Å². The second-order valence-electron chi connectivity index (χ2n) is 5.80. The molecule has 2 rings (SSSR count). The number of aliphatic imine (C=N–C) groups is 1. The molecular formula is C21H26ClF3N4O2. The number of rotatable bonds is 4. The zero-order valence-corrected chi connectivity index (χ0v) is 18.4. The minimum absolute atomic E-state index is 0.0811. The van der Waals surface area contributed by atoms with Crippen LogP contribution in [0.1, 0.15) is 30.5 Å². The summed E-state index contributed by atoms with van der Waals surface area (Å²) in [6.45, 7) is 6.65. The quantitative estimate of drug-likeness (QED) is 0.338. The molecule has 2 aromatic carbocycles. The number of hydrogen-bond donors (Lipinski definition) is 3. The molecule has 0 saturated heterocycles. The molecule has 0 fully saturated rings. The Bertz CT molecular complexity index is 870. The lowest BCUT2D eigenvalue weighted by Crippen LogP contribution is -2.19. The molecule has 0 radical (unpaired) electrons. The average molecular weight is 459 g/mol. The lowest BCUT2D eigenvalue weighted by atomic mass is 10.1. The molecule has 2 aromatic rings. The molecule has 0 aliphatic heterocycles. The van der Waals surface area contributed by atoms with Crippen LogP contribution in [0.15, 0.2) is 47.5 Å². The van der Waals surface area contributed by atoms with Crippen LogP contribution in [0, 0.1) is 6.92 Å². The molecule has 10 heteroatoms. The van der Waals surface area contributed by atoms with E-state index in [1.54, 1.807) is 18.2 Å². The highest BCUT2D eigenvalue weighted by Crippen LogP contribution is 2.18. The Morgan fingerprint density at radius 2 is 1.71 bits per heavy atom. The topological polar surface area (TPSA) is 96.6 Å².